The van der Waals surface area contributed by atoms with Crippen molar-refractivity contribution < 1.29 is 4.74 Å². The fourth-order valence-corrected chi connectivity index (χ4v) is 3.93. The van der Waals surface area contributed by atoms with E-state index < -0.39 is 0 Å². The lowest BCUT2D eigenvalue weighted by Gasteiger charge is -2.40. The van der Waals surface area contributed by atoms with E-state index in [4.69, 9.17) is 4.74 Å². The Hall–Kier alpha value is -1.10. The van der Waals surface area contributed by atoms with Crippen LogP contribution in [0, 0.1) is 5.92 Å². The van der Waals surface area contributed by atoms with E-state index in [2.05, 4.69) is 40.2 Å². The fraction of sp³-hybridized carbons (Fsp3) is 0.684. The van der Waals surface area contributed by atoms with Gasteiger partial charge in [0.15, 0.2) is 0 Å². The summed E-state index contributed by atoms with van der Waals surface area (Å²) in [5, 5.41) is 3.46. The first kappa shape index (κ1) is 16.7. The van der Waals surface area contributed by atoms with Crippen molar-refractivity contribution in [3.05, 3.63) is 29.8 Å². The monoisotopic (exact) mass is 317 g/mol. The van der Waals surface area contributed by atoms with Crippen molar-refractivity contribution in [1.29, 1.82) is 0 Å². The second kappa shape index (κ2) is 8.13. The summed E-state index contributed by atoms with van der Waals surface area (Å²) in [6, 6.07) is 9.16. The van der Waals surface area contributed by atoms with E-state index in [-0.39, 0.29) is 0 Å². The quantitative estimate of drug-likeness (QED) is 0.902. The topological polar surface area (TPSA) is 27.7 Å². The molecule has 2 aliphatic rings. The second-order valence-corrected chi connectivity index (χ2v) is 7.09. The molecular weight excluding hydrogens is 286 g/mol. The summed E-state index contributed by atoms with van der Waals surface area (Å²) in [6.45, 7) is 10.5. The van der Waals surface area contributed by atoms with Crippen molar-refractivity contribution in [2.24, 2.45) is 5.92 Å². The zero-order valence-corrected chi connectivity index (χ0v) is 14.6. The molecule has 0 aliphatic carbocycles. The lowest BCUT2D eigenvalue weighted by Crippen LogP contribution is -2.48. The predicted molar refractivity (Wildman–Crippen MR) is 95.0 cm³/mol. The molecule has 2 saturated heterocycles. The van der Waals surface area contributed by atoms with Gasteiger partial charge in [-0.1, -0.05) is 19.1 Å². The molecular formula is C19H31N3O. The van der Waals surface area contributed by atoms with E-state index in [9.17, 15) is 0 Å². The predicted octanol–water partition coefficient (Wildman–Crippen LogP) is 2.37. The van der Waals surface area contributed by atoms with Crippen molar-refractivity contribution in [2.45, 2.75) is 25.8 Å². The van der Waals surface area contributed by atoms with Gasteiger partial charge >= 0.3 is 0 Å². The Morgan fingerprint density at radius 1 is 1.26 bits per heavy atom. The molecule has 2 fully saturated rings. The van der Waals surface area contributed by atoms with Crippen LogP contribution in [0.4, 0.5) is 0 Å². The summed E-state index contributed by atoms with van der Waals surface area (Å²) in [5.41, 5.74) is 1.40. The Bertz CT molecular complexity index is 487. The Balaban J connectivity index is 1.79. The highest BCUT2D eigenvalue weighted by atomic mass is 16.5. The minimum atomic E-state index is 0.478. The standard InChI is InChI=1S/C19H31N3O/c1-16-5-4-10-22(14-16)19(15-21-11-8-20-9-12-21)17-6-3-7-18(13-17)23-2/h3,6-7,13,16,19-20H,4-5,8-12,14-15H2,1-2H3. The smallest absolute Gasteiger partial charge is 0.119 e. The molecule has 4 heteroatoms. The van der Waals surface area contributed by atoms with Crippen LogP contribution in [-0.4, -0.2) is 62.7 Å². The zero-order chi connectivity index (χ0) is 16.1. The van der Waals surface area contributed by atoms with Crippen molar-refractivity contribution in [1.82, 2.24) is 15.1 Å². The highest BCUT2D eigenvalue weighted by Gasteiger charge is 2.27. The number of nitrogens with zero attached hydrogens (tertiary/aromatic N) is 2. The molecule has 128 valence electrons. The molecule has 4 nitrogen and oxygen atoms in total. The minimum Gasteiger partial charge on any atom is -0.497 e. The van der Waals surface area contributed by atoms with Crippen LogP contribution in [0.1, 0.15) is 31.4 Å². The SMILES string of the molecule is COc1cccc(C(CN2CCNCC2)N2CCCC(C)C2)c1. The van der Waals surface area contributed by atoms with Gasteiger partial charge in [-0.3, -0.25) is 9.80 Å². The summed E-state index contributed by atoms with van der Waals surface area (Å²) in [5.74, 6) is 1.78. The van der Waals surface area contributed by atoms with Gasteiger partial charge in [0, 0.05) is 45.3 Å². The minimum absolute atomic E-state index is 0.478. The summed E-state index contributed by atoms with van der Waals surface area (Å²) < 4.78 is 5.46. The molecule has 0 aromatic heterocycles. The largest absolute Gasteiger partial charge is 0.497 e. The van der Waals surface area contributed by atoms with Gasteiger partial charge in [0.25, 0.3) is 0 Å². The first-order valence-electron chi connectivity index (χ1n) is 9.07. The highest BCUT2D eigenvalue weighted by Crippen LogP contribution is 2.29. The molecule has 0 amide bonds. The van der Waals surface area contributed by atoms with Crippen LogP contribution in [0.5, 0.6) is 5.75 Å². The number of rotatable bonds is 5. The number of methoxy groups -OCH3 is 1. The number of piperidine rings is 1. The Labute approximate surface area is 140 Å². The fourth-order valence-electron chi connectivity index (χ4n) is 3.93. The molecule has 2 atom stereocenters. The first-order chi connectivity index (χ1) is 11.3. The molecule has 2 heterocycles. The number of nitrogens with one attached hydrogen (secondary N) is 1. The number of likely N-dealkylation sites (tertiary alicyclic amines) is 1. The van der Waals surface area contributed by atoms with Gasteiger partial charge in [0.05, 0.1) is 7.11 Å². The van der Waals surface area contributed by atoms with Crippen LogP contribution >= 0.6 is 0 Å². The Morgan fingerprint density at radius 3 is 2.83 bits per heavy atom. The Kier molecular flexibility index (Phi) is 5.92. The molecule has 0 saturated carbocycles. The molecule has 2 unspecified atom stereocenters. The van der Waals surface area contributed by atoms with E-state index >= 15 is 0 Å². The van der Waals surface area contributed by atoms with E-state index in [1.807, 2.05) is 6.07 Å². The third kappa shape index (κ3) is 4.46. The van der Waals surface area contributed by atoms with Gasteiger partial charge in [-0.25, -0.2) is 0 Å². The number of benzene rings is 1. The summed E-state index contributed by atoms with van der Waals surface area (Å²) >= 11 is 0. The third-order valence-corrected chi connectivity index (χ3v) is 5.25. The molecule has 2 aliphatic heterocycles. The molecule has 23 heavy (non-hydrogen) atoms. The lowest BCUT2D eigenvalue weighted by atomic mass is 9.95. The van der Waals surface area contributed by atoms with E-state index in [0.29, 0.717) is 6.04 Å². The molecule has 0 bridgehead atoms. The average molecular weight is 317 g/mol. The van der Waals surface area contributed by atoms with Crippen molar-refractivity contribution >= 4 is 0 Å². The molecule has 0 radical (unpaired) electrons. The number of ether oxygens (including phenoxy) is 1. The molecule has 0 spiro atoms. The third-order valence-electron chi connectivity index (χ3n) is 5.25. The van der Waals surface area contributed by atoms with Crippen LogP contribution in [0.15, 0.2) is 24.3 Å². The normalized spacial score (nSPS) is 25.2. The zero-order valence-electron chi connectivity index (χ0n) is 14.6. The number of hydrogen-bond acceptors (Lipinski definition) is 4. The highest BCUT2D eigenvalue weighted by molar-refractivity contribution is 5.31. The lowest BCUT2D eigenvalue weighted by molar-refractivity contribution is 0.0911. The van der Waals surface area contributed by atoms with E-state index in [1.54, 1.807) is 7.11 Å². The molecule has 1 N–H and O–H groups in total. The van der Waals surface area contributed by atoms with Crippen LogP contribution in [0.2, 0.25) is 0 Å². The van der Waals surface area contributed by atoms with Gasteiger partial charge in [-0.05, 0) is 43.0 Å². The van der Waals surface area contributed by atoms with Gasteiger partial charge in [0.1, 0.15) is 5.75 Å². The summed E-state index contributed by atoms with van der Waals surface area (Å²) in [4.78, 5) is 5.31. The Morgan fingerprint density at radius 2 is 2.09 bits per heavy atom. The van der Waals surface area contributed by atoms with Crippen LogP contribution < -0.4 is 10.1 Å². The molecule has 1 aromatic carbocycles. The van der Waals surface area contributed by atoms with Crippen molar-refractivity contribution in [3.8, 4) is 5.75 Å². The molecule has 1 aromatic rings. The van der Waals surface area contributed by atoms with Crippen LogP contribution in [-0.2, 0) is 0 Å². The maximum Gasteiger partial charge on any atom is 0.119 e. The van der Waals surface area contributed by atoms with E-state index in [0.717, 1.165) is 44.4 Å². The number of piperazine rings is 1. The van der Waals surface area contributed by atoms with Crippen molar-refractivity contribution in [3.63, 3.8) is 0 Å². The van der Waals surface area contributed by atoms with Crippen LogP contribution in [0.3, 0.4) is 0 Å². The van der Waals surface area contributed by atoms with Gasteiger partial charge in [-0.15, -0.1) is 0 Å². The maximum absolute atomic E-state index is 5.46. The summed E-state index contributed by atoms with van der Waals surface area (Å²) in [6.07, 6.45) is 2.69. The van der Waals surface area contributed by atoms with Crippen LogP contribution in [0.25, 0.3) is 0 Å². The second-order valence-electron chi connectivity index (χ2n) is 7.09. The first-order valence-corrected chi connectivity index (χ1v) is 9.07. The van der Waals surface area contributed by atoms with Crippen molar-refractivity contribution in [2.75, 3.05) is 52.9 Å². The summed E-state index contributed by atoms with van der Waals surface area (Å²) in [7, 11) is 1.76. The molecule has 3 rings (SSSR count). The van der Waals surface area contributed by atoms with Gasteiger partial charge in [-0.2, -0.15) is 0 Å². The average Bonchev–Trinajstić information content (AvgIpc) is 2.60. The van der Waals surface area contributed by atoms with E-state index in [1.165, 1.54) is 31.5 Å². The van der Waals surface area contributed by atoms with Gasteiger partial charge < -0.3 is 10.1 Å². The maximum atomic E-state index is 5.46. The van der Waals surface area contributed by atoms with Gasteiger partial charge in [0.2, 0.25) is 0 Å². The number of hydrogen-bond donors (Lipinski definition) is 1.